The van der Waals surface area contributed by atoms with E-state index in [2.05, 4.69) is 10.3 Å². The highest BCUT2D eigenvalue weighted by Crippen LogP contribution is 2.27. The van der Waals surface area contributed by atoms with Crippen LogP contribution in [-0.4, -0.2) is 33.6 Å². The van der Waals surface area contributed by atoms with Crippen LogP contribution in [0.4, 0.5) is 4.79 Å². The summed E-state index contributed by atoms with van der Waals surface area (Å²) in [6, 6.07) is 3.48. The Bertz CT molecular complexity index is 641. The van der Waals surface area contributed by atoms with Gasteiger partial charge in [0.25, 0.3) is 0 Å². The van der Waals surface area contributed by atoms with Crippen molar-refractivity contribution in [1.82, 2.24) is 15.2 Å². The number of hydrogen-bond acceptors (Lipinski definition) is 5. The van der Waals surface area contributed by atoms with E-state index in [-0.39, 0.29) is 12.1 Å². The predicted octanol–water partition coefficient (Wildman–Crippen LogP) is 2.84. The smallest absolute Gasteiger partial charge is 0.317 e. The van der Waals surface area contributed by atoms with Crippen LogP contribution in [0.1, 0.15) is 41.7 Å². The molecule has 1 fully saturated rings. The summed E-state index contributed by atoms with van der Waals surface area (Å²) in [7, 11) is 0. The third-order valence-corrected chi connectivity index (χ3v) is 5.19. The van der Waals surface area contributed by atoms with Crippen molar-refractivity contribution in [2.45, 2.75) is 44.9 Å². The summed E-state index contributed by atoms with van der Waals surface area (Å²) in [4.78, 5) is 19.5. The molecule has 2 unspecified atom stereocenters. The van der Waals surface area contributed by atoms with E-state index in [0.29, 0.717) is 18.7 Å². The number of carbonyl (C=O) groups is 1. The van der Waals surface area contributed by atoms with Crippen molar-refractivity contribution in [1.29, 1.82) is 0 Å². The van der Waals surface area contributed by atoms with Gasteiger partial charge in [-0.15, -0.1) is 11.3 Å². The first-order valence-corrected chi connectivity index (χ1v) is 8.68. The van der Waals surface area contributed by atoms with Crippen LogP contribution in [0.3, 0.4) is 0 Å². The zero-order chi connectivity index (χ0) is 16.2. The first-order valence-electron chi connectivity index (χ1n) is 7.80. The molecule has 2 amide bonds. The molecular weight excluding hydrogens is 314 g/mol. The number of likely N-dealkylation sites (tertiary alicyclic amines) is 1. The zero-order valence-corrected chi connectivity index (χ0v) is 13.9. The third-order valence-electron chi connectivity index (χ3n) is 4.25. The minimum atomic E-state index is -0.674. The van der Waals surface area contributed by atoms with Gasteiger partial charge in [0, 0.05) is 23.9 Å². The zero-order valence-electron chi connectivity index (χ0n) is 13.1. The van der Waals surface area contributed by atoms with Crippen molar-refractivity contribution in [2.24, 2.45) is 0 Å². The van der Waals surface area contributed by atoms with Gasteiger partial charge in [-0.25, -0.2) is 9.78 Å². The fourth-order valence-corrected chi connectivity index (χ4v) is 3.67. The van der Waals surface area contributed by atoms with Crippen molar-refractivity contribution in [3.05, 3.63) is 40.2 Å². The number of aliphatic hydroxyl groups excluding tert-OH is 1. The molecule has 6 nitrogen and oxygen atoms in total. The van der Waals surface area contributed by atoms with Crippen LogP contribution in [0.25, 0.3) is 0 Å². The Kier molecular flexibility index (Phi) is 4.97. The number of aryl methyl sites for hydroxylation is 1. The highest BCUT2D eigenvalue weighted by atomic mass is 32.1. The minimum Gasteiger partial charge on any atom is -0.467 e. The van der Waals surface area contributed by atoms with Gasteiger partial charge in [0.05, 0.1) is 24.0 Å². The Morgan fingerprint density at radius 3 is 3.22 bits per heavy atom. The molecule has 1 aliphatic heterocycles. The molecule has 0 radical (unpaired) electrons. The van der Waals surface area contributed by atoms with Gasteiger partial charge in [0.1, 0.15) is 11.9 Å². The van der Waals surface area contributed by atoms with E-state index in [0.717, 1.165) is 30.0 Å². The van der Waals surface area contributed by atoms with Crippen molar-refractivity contribution in [3.8, 4) is 0 Å². The molecule has 23 heavy (non-hydrogen) atoms. The van der Waals surface area contributed by atoms with Crippen molar-refractivity contribution in [3.63, 3.8) is 0 Å². The third kappa shape index (κ3) is 3.73. The van der Waals surface area contributed by atoms with Crippen LogP contribution in [0.2, 0.25) is 0 Å². The van der Waals surface area contributed by atoms with Crippen LogP contribution in [0, 0.1) is 6.92 Å². The summed E-state index contributed by atoms with van der Waals surface area (Å²) in [5.41, 5.74) is 2.75. The average Bonchev–Trinajstić information content (AvgIpc) is 3.26. The number of aliphatic hydroxyl groups is 1. The summed E-state index contributed by atoms with van der Waals surface area (Å²) in [6.45, 7) is 3.17. The number of thiazole rings is 1. The van der Waals surface area contributed by atoms with Crippen molar-refractivity contribution < 1.29 is 14.3 Å². The summed E-state index contributed by atoms with van der Waals surface area (Å²) in [5.74, 6) is 0.553. The maximum absolute atomic E-state index is 12.4. The fourth-order valence-electron chi connectivity index (χ4n) is 2.96. The second-order valence-corrected chi connectivity index (χ2v) is 6.72. The molecule has 124 valence electrons. The number of rotatable bonds is 5. The number of aromatic nitrogens is 1. The molecule has 7 heteroatoms. The van der Waals surface area contributed by atoms with E-state index in [4.69, 9.17) is 4.42 Å². The van der Waals surface area contributed by atoms with E-state index in [1.807, 2.05) is 11.8 Å². The van der Waals surface area contributed by atoms with Gasteiger partial charge >= 0.3 is 6.03 Å². The van der Waals surface area contributed by atoms with E-state index >= 15 is 0 Å². The number of nitrogens with zero attached hydrogens (tertiary/aromatic N) is 2. The number of amides is 2. The van der Waals surface area contributed by atoms with E-state index in [9.17, 15) is 9.90 Å². The molecule has 3 heterocycles. The van der Waals surface area contributed by atoms with Crippen molar-refractivity contribution >= 4 is 17.4 Å². The summed E-state index contributed by atoms with van der Waals surface area (Å²) in [6.07, 6.45) is 3.25. The van der Waals surface area contributed by atoms with Gasteiger partial charge in [-0.2, -0.15) is 0 Å². The molecule has 0 aromatic carbocycles. The number of urea groups is 1. The van der Waals surface area contributed by atoms with Gasteiger partial charge < -0.3 is 19.7 Å². The largest absolute Gasteiger partial charge is 0.467 e. The SMILES string of the molecule is Cc1ncsc1CNC(=O)N1CCCC1CC(O)c1ccco1. The summed E-state index contributed by atoms with van der Waals surface area (Å²) >= 11 is 1.55. The lowest BCUT2D eigenvalue weighted by Crippen LogP contribution is -2.43. The lowest BCUT2D eigenvalue weighted by atomic mass is 10.1. The predicted molar refractivity (Wildman–Crippen MR) is 87.1 cm³/mol. The maximum atomic E-state index is 12.4. The lowest BCUT2D eigenvalue weighted by molar-refractivity contribution is 0.108. The van der Waals surface area contributed by atoms with E-state index in [1.54, 1.807) is 35.2 Å². The number of carbonyl (C=O) groups excluding carboxylic acids is 1. The Labute approximate surface area is 139 Å². The number of furan rings is 1. The molecule has 2 aromatic rings. The molecule has 0 saturated carbocycles. The normalized spacial score (nSPS) is 19.0. The Hall–Kier alpha value is -1.86. The summed E-state index contributed by atoms with van der Waals surface area (Å²) in [5, 5.41) is 13.2. The van der Waals surface area contributed by atoms with Gasteiger partial charge in [-0.05, 0) is 31.9 Å². The second-order valence-electron chi connectivity index (χ2n) is 5.78. The topological polar surface area (TPSA) is 78.6 Å². The average molecular weight is 335 g/mol. The second kappa shape index (κ2) is 7.14. The number of nitrogens with one attached hydrogen (secondary N) is 1. The fraction of sp³-hybridized carbons (Fsp3) is 0.500. The highest BCUT2D eigenvalue weighted by Gasteiger charge is 2.31. The standard InChI is InChI=1S/C16H21N3O3S/c1-11-15(23-10-18-11)9-17-16(21)19-6-2-4-12(19)8-13(20)14-5-3-7-22-14/h3,5,7,10,12-13,20H,2,4,6,8-9H2,1H3,(H,17,21). The quantitative estimate of drug-likeness (QED) is 0.881. The van der Waals surface area contributed by atoms with Crippen LogP contribution in [0.15, 0.2) is 28.3 Å². The monoisotopic (exact) mass is 335 g/mol. The molecular formula is C16H21N3O3S. The molecule has 2 atom stereocenters. The van der Waals surface area contributed by atoms with Gasteiger partial charge in [-0.3, -0.25) is 0 Å². The molecule has 3 rings (SSSR count). The molecule has 2 aromatic heterocycles. The maximum Gasteiger partial charge on any atom is 0.317 e. The van der Waals surface area contributed by atoms with Crippen LogP contribution >= 0.6 is 11.3 Å². The molecule has 1 aliphatic rings. The summed E-state index contributed by atoms with van der Waals surface area (Å²) < 4.78 is 5.24. The molecule has 0 spiro atoms. The van der Waals surface area contributed by atoms with Crippen molar-refractivity contribution in [2.75, 3.05) is 6.54 Å². The molecule has 0 bridgehead atoms. The van der Waals surface area contributed by atoms with Crippen LogP contribution in [0.5, 0.6) is 0 Å². The van der Waals surface area contributed by atoms with Gasteiger partial charge in [0.15, 0.2) is 0 Å². The van der Waals surface area contributed by atoms with Crippen LogP contribution < -0.4 is 5.32 Å². The first-order chi connectivity index (χ1) is 11.1. The van der Waals surface area contributed by atoms with Crippen LogP contribution in [-0.2, 0) is 6.54 Å². The minimum absolute atomic E-state index is 0.0395. The number of hydrogen-bond donors (Lipinski definition) is 2. The molecule has 0 aliphatic carbocycles. The van der Waals surface area contributed by atoms with E-state index < -0.39 is 6.10 Å². The van der Waals surface area contributed by atoms with Gasteiger partial charge in [-0.1, -0.05) is 0 Å². The van der Waals surface area contributed by atoms with Gasteiger partial charge in [0.2, 0.25) is 0 Å². The Morgan fingerprint density at radius 2 is 2.52 bits per heavy atom. The Morgan fingerprint density at radius 1 is 1.65 bits per heavy atom. The first kappa shape index (κ1) is 16.0. The molecule has 2 N–H and O–H groups in total. The molecule has 1 saturated heterocycles. The highest BCUT2D eigenvalue weighted by molar-refractivity contribution is 7.09. The lowest BCUT2D eigenvalue weighted by Gasteiger charge is -2.26. The Balaban J connectivity index is 1.55. The van der Waals surface area contributed by atoms with E-state index in [1.165, 1.54) is 0 Å².